The molecule has 5 heteroatoms. The van der Waals surface area contributed by atoms with Crippen molar-refractivity contribution in [3.63, 3.8) is 0 Å². The van der Waals surface area contributed by atoms with E-state index in [1.807, 2.05) is 18.1 Å². The first kappa shape index (κ1) is 15.3. The lowest BCUT2D eigenvalue weighted by Crippen LogP contribution is -2.34. The largest absolute Gasteiger partial charge is 0.336 e. The number of nitrogens with zero attached hydrogens (tertiary/aromatic N) is 1. The van der Waals surface area contributed by atoms with Gasteiger partial charge >= 0.3 is 0 Å². The Balaban J connectivity index is 2.19. The summed E-state index contributed by atoms with van der Waals surface area (Å²) in [6.07, 6.45) is 2.86. The zero-order valence-corrected chi connectivity index (χ0v) is 12.8. The summed E-state index contributed by atoms with van der Waals surface area (Å²) in [6.45, 7) is 3.35. The summed E-state index contributed by atoms with van der Waals surface area (Å²) < 4.78 is 13.6. The molecule has 2 unspecified atom stereocenters. The first-order chi connectivity index (χ1) is 9.56. The van der Waals surface area contributed by atoms with E-state index in [4.69, 9.17) is 5.73 Å². The average molecular weight is 296 g/mol. The number of nitrogens with two attached hydrogens (primary N) is 1. The van der Waals surface area contributed by atoms with Crippen molar-refractivity contribution in [1.82, 2.24) is 4.90 Å². The second kappa shape index (κ2) is 6.59. The summed E-state index contributed by atoms with van der Waals surface area (Å²) in [5.41, 5.74) is 6.85. The fourth-order valence-electron chi connectivity index (χ4n) is 2.74. The van der Waals surface area contributed by atoms with Gasteiger partial charge in [-0.2, -0.15) is 11.8 Å². The van der Waals surface area contributed by atoms with E-state index in [1.54, 1.807) is 23.9 Å². The van der Waals surface area contributed by atoms with Crippen molar-refractivity contribution < 1.29 is 9.18 Å². The molecule has 1 saturated heterocycles. The van der Waals surface area contributed by atoms with Crippen molar-refractivity contribution in [2.45, 2.75) is 25.1 Å². The molecule has 1 aromatic carbocycles. The van der Waals surface area contributed by atoms with Gasteiger partial charge in [0.15, 0.2) is 0 Å². The Kier molecular flexibility index (Phi) is 5.05. The zero-order chi connectivity index (χ0) is 14.7. The first-order valence-electron chi connectivity index (χ1n) is 6.85. The molecule has 1 fully saturated rings. The van der Waals surface area contributed by atoms with Gasteiger partial charge in [-0.3, -0.25) is 4.79 Å². The molecule has 0 bridgehead atoms. The fraction of sp³-hybridized carbons (Fsp3) is 0.533. The lowest BCUT2D eigenvalue weighted by Gasteiger charge is -2.22. The molecule has 1 heterocycles. The number of hydrogen-bond donors (Lipinski definition) is 1. The van der Waals surface area contributed by atoms with E-state index < -0.39 is 0 Å². The molecular weight excluding hydrogens is 275 g/mol. The summed E-state index contributed by atoms with van der Waals surface area (Å²) >= 11 is 1.54. The standard InChI is InChI=1S/C15H21FN2OS/c1-10-5-11(7-17)8-18(10)15(19)12-3-4-14(16)13(6-12)9-20-2/h3-4,6,10-11H,5,7-9,17H2,1-2H3. The second-order valence-corrected chi connectivity index (χ2v) is 6.25. The Morgan fingerprint density at radius 1 is 1.55 bits per heavy atom. The SMILES string of the molecule is CSCc1cc(C(=O)N2CC(CN)CC2C)ccc1F. The van der Waals surface area contributed by atoms with Gasteiger partial charge in [0.05, 0.1) is 0 Å². The number of thioether (sulfide) groups is 1. The predicted octanol–water partition coefficient (Wildman–Crippen LogP) is 2.50. The van der Waals surface area contributed by atoms with Gasteiger partial charge in [-0.25, -0.2) is 4.39 Å². The number of rotatable bonds is 4. The van der Waals surface area contributed by atoms with Crippen LogP contribution in [0.1, 0.15) is 29.3 Å². The number of amides is 1. The quantitative estimate of drug-likeness (QED) is 0.928. The van der Waals surface area contributed by atoms with E-state index in [0.29, 0.717) is 35.9 Å². The van der Waals surface area contributed by atoms with Crippen molar-refractivity contribution in [1.29, 1.82) is 0 Å². The van der Waals surface area contributed by atoms with Crippen LogP contribution < -0.4 is 5.73 Å². The molecule has 0 spiro atoms. The van der Waals surface area contributed by atoms with Crippen LogP contribution >= 0.6 is 11.8 Å². The van der Waals surface area contributed by atoms with Crippen LogP contribution in [-0.2, 0) is 5.75 Å². The van der Waals surface area contributed by atoms with Crippen LogP contribution in [0.4, 0.5) is 4.39 Å². The highest BCUT2D eigenvalue weighted by molar-refractivity contribution is 7.97. The van der Waals surface area contributed by atoms with Crippen molar-refractivity contribution in [3.8, 4) is 0 Å². The predicted molar refractivity (Wildman–Crippen MR) is 81.3 cm³/mol. The van der Waals surface area contributed by atoms with Crippen LogP contribution in [0, 0.1) is 11.7 Å². The Bertz CT molecular complexity index is 495. The Labute approximate surface area is 123 Å². The zero-order valence-electron chi connectivity index (χ0n) is 11.9. The lowest BCUT2D eigenvalue weighted by molar-refractivity contribution is 0.0743. The smallest absolute Gasteiger partial charge is 0.254 e. The monoisotopic (exact) mass is 296 g/mol. The first-order valence-corrected chi connectivity index (χ1v) is 8.24. The Hall–Kier alpha value is -1.07. The van der Waals surface area contributed by atoms with Crippen molar-refractivity contribution in [2.24, 2.45) is 11.7 Å². The number of hydrogen-bond acceptors (Lipinski definition) is 3. The molecule has 2 rings (SSSR count). The highest BCUT2D eigenvalue weighted by atomic mass is 32.2. The van der Waals surface area contributed by atoms with Gasteiger partial charge in [-0.05, 0) is 55.8 Å². The van der Waals surface area contributed by atoms with Crippen LogP contribution in [0.2, 0.25) is 0 Å². The summed E-state index contributed by atoms with van der Waals surface area (Å²) in [4.78, 5) is 14.4. The third-order valence-electron chi connectivity index (χ3n) is 3.85. The normalized spacial score (nSPS) is 22.3. The Morgan fingerprint density at radius 3 is 2.90 bits per heavy atom. The molecule has 2 N–H and O–H groups in total. The van der Waals surface area contributed by atoms with Gasteiger partial charge in [-0.15, -0.1) is 0 Å². The number of likely N-dealkylation sites (tertiary alicyclic amines) is 1. The maximum absolute atomic E-state index is 13.6. The maximum atomic E-state index is 13.6. The molecular formula is C15H21FN2OS. The second-order valence-electron chi connectivity index (χ2n) is 5.38. The van der Waals surface area contributed by atoms with Gasteiger partial charge in [-0.1, -0.05) is 0 Å². The number of benzene rings is 1. The molecule has 3 nitrogen and oxygen atoms in total. The highest BCUT2D eigenvalue weighted by Crippen LogP contribution is 2.25. The number of carbonyl (C=O) groups excluding carboxylic acids is 1. The molecule has 0 radical (unpaired) electrons. The minimum Gasteiger partial charge on any atom is -0.336 e. The molecule has 20 heavy (non-hydrogen) atoms. The van der Waals surface area contributed by atoms with E-state index in [-0.39, 0.29) is 17.8 Å². The summed E-state index contributed by atoms with van der Waals surface area (Å²) in [5.74, 6) is 0.689. The van der Waals surface area contributed by atoms with E-state index in [0.717, 1.165) is 6.42 Å². The summed E-state index contributed by atoms with van der Waals surface area (Å²) in [5, 5.41) is 0. The third kappa shape index (κ3) is 3.15. The lowest BCUT2D eigenvalue weighted by atomic mass is 10.1. The van der Waals surface area contributed by atoms with Crippen molar-refractivity contribution >= 4 is 17.7 Å². The average Bonchev–Trinajstić information content (AvgIpc) is 2.82. The highest BCUT2D eigenvalue weighted by Gasteiger charge is 2.32. The van der Waals surface area contributed by atoms with Crippen LogP contribution in [0.3, 0.4) is 0 Å². The van der Waals surface area contributed by atoms with Gasteiger partial charge in [0.25, 0.3) is 5.91 Å². The molecule has 110 valence electrons. The summed E-state index contributed by atoms with van der Waals surface area (Å²) in [7, 11) is 0. The molecule has 2 atom stereocenters. The van der Waals surface area contributed by atoms with Crippen molar-refractivity contribution in [3.05, 3.63) is 35.1 Å². The molecule has 1 amide bonds. The molecule has 1 aromatic rings. The minimum absolute atomic E-state index is 0.0178. The molecule has 0 aliphatic carbocycles. The topological polar surface area (TPSA) is 46.3 Å². The van der Waals surface area contributed by atoms with Gasteiger partial charge < -0.3 is 10.6 Å². The van der Waals surface area contributed by atoms with E-state index in [9.17, 15) is 9.18 Å². The molecule has 0 aromatic heterocycles. The molecule has 0 saturated carbocycles. The van der Waals surface area contributed by atoms with Crippen LogP contribution in [0.25, 0.3) is 0 Å². The van der Waals surface area contributed by atoms with Crippen LogP contribution in [0.5, 0.6) is 0 Å². The molecule has 1 aliphatic heterocycles. The van der Waals surface area contributed by atoms with Crippen LogP contribution in [0.15, 0.2) is 18.2 Å². The minimum atomic E-state index is -0.245. The van der Waals surface area contributed by atoms with E-state index >= 15 is 0 Å². The fourth-order valence-corrected chi connectivity index (χ4v) is 3.27. The van der Waals surface area contributed by atoms with E-state index in [2.05, 4.69) is 0 Å². The van der Waals surface area contributed by atoms with Gasteiger partial charge in [0.1, 0.15) is 5.82 Å². The van der Waals surface area contributed by atoms with E-state index in [1.165, 1.54) is 6.07 Å². The van der Waals surface area contributed by atoms with Gasteiger partial charge in [0.2, 0.25) is 0 Å². The maximum Gasteiger partial charge on any atom is 0.254 e. The van der Waals surface area contributed by atoms with Crippen molar-refractivity contribution in [2.75, 3.05) is 19.3 Å². The number of halogens is 1. The Morgan fingerprint density at radius 2 is 2.30 bits per heavy atom. The van der Waals surface area contributed by atoms with Crippen LogP contribution in [-0.4, -0.2) is 36.2 Å². The van der Waals surface area contributed by atoms with Gasteiger partial charge in [0, 0.05) is 23.9 Å². The molecule has 1 aliphatic rings. The summed E-state index contributed by atoms with van der Waals surface area (Å²) in [6, 6.07) is 4.84. The third-order valence-corrected chi connectivity index (χ3v) is 4.45. The number of carbonyl (C=O) groups is 1.